The molecule has 1 heterocycles. The second-order valence-electron chi connectivity index (χ2n) is 6.73. The van der Waals surface area contributed by atoms with Gasteiger partial charge >= 0.3 is 0 Å². The van der Waals surface area contributed by atoms with Crippen LogP contribution in [0.5, 0.6) is 0 Å². The van der Waals surface area contributed by atoms with Crippen LogP contribution in [0.3, 0.4) is 0 Å². The quantitative estimate of drug-likeness (QED) is 0.356. The highest BCUT2D eigenvalue weighted by molar-refractivity contribution is 14.0. The number of hydrogen-bond acceptors (Lipinski definition) is 3. The summed E-state index contributed by atoms with van der Waals surface area (Å²) in [6.07, 6.45) is 5.31. The largest absolute Gasteiger partial charge is 0.356 e. The Labute approximate surface area is 179 Å². The predicted octanol–water partition coefficient (Wildman–Crippen LogP) is 4.52. The lowest BCUT2D eigenvalue weighted by molar-refractivity contribution is 0.386. The van der Waals surface area contributed by atoms with Gasteiger partial charge in [0.15, 0.2) is 5.96 Å². The molecule has 1 aromatic heterocycles. The second-order valence-corrected chi connectivity index (χ2v) is 8.05. The third kappa shape index (κ3) is 5.16. The summed E-state index contributed by atoms with van der Waals surface area (Å²) in [7, 11) is 1.69. The lowest BCUT2D eigenvalue weighted by Gasteiger charge is -2.31. The maximum Gasteiger partial charge on any atom is 0.191 e. The van der Waals surface area contributed by atoms with Gasteiger partial charge in [-0.2, -0.15) is 0 Å². The third-order valence-corrected chi connectivity index (χ3v) is 5.86. The van der Waals surface area contributed by atoms with Crippen molar-refractivity contribution in [3.8, 4) is 0 Å². The van der Waals surface area contributed by atoms with Gasteiger partial charge < -0.3 is 10.6 Å². The number of nitrogens with one attached hydrogen (secondary N) is 2. The molecule has 148 valence electrons. The number of rotatable bonds is 5. The van der Waals surface area contributed by atoms with Gasteiger partial charge in [0.25, 0.3) is 0 Å². The van der Waals surface area contributed by atoms with E-state index in [1.807, 2.05) is 13.1 Å². The SMILES string of the molecule is CN=C(NCc1ncc(C)s1)NCC1(c2c(F)cccc2F)CCCC1.I. The van der Waals surface area contributed by atoms with Crippen LogP contribution in [0.25, 0.3) is 0 Å². The third-order valence-electron chi connectivity index (χ3n) is 4.95. The molecule has 4 nitrogen and oxygen atoms in total. The molecule has 1 aromatic carbocycles. The highest BCUT2D eigenvalue weighted by Gasteiger charge is 2.39. The van der Waals surface area contributed by atoms with E-state index >= 15 is 0 Å². The minimum atomic E-state index is -0.537. The first-order valence-corrected chi connectivity index (χ1v) is 9.66. The van der Waals surface area contributed by atoms with Gasteiger partial charge in [0, 0.05) is 35.6 Å². The summed E-state index contributed by atoms with van der Waals surface area (Å²) in [4.78, 5) is 9.70. The summed E-state index contributed by atoms with van der Waals surface area (Å²) < 4.78 is 28.8. The molecule has 1 aliphatic rings. The van der Waals surface area contributed by atoms with E-state index in [1.54, 1.807) is 18.4 Å². The van der Waals surface area contributed by atoms with Crippen LogP contribution in [0.15, 0.2) is 29.4 Å². The number of halogens is 3. The lowest BCUT2D eigenvalue weighted by atomic mass is 9.78. The smallest absolute Gasteiger partial charge is 0.191 e. The first-order valence-electron chi connectivity index (χ1n) is 8.84. The van der Waals surface area contributed by atoms with Gasteiger partial charge in [-0.05, 0) is 31.9 Å². The number of hydrogen-bond donors (Lipinski definition) is 2. The van der Waals surface area contributed by atoms with Crippen molar-refractivity contribution in [2.24, 2.45) is 4.99 Å². The van der Waals surface area contributed by atoms with E-state index in [2.05, 4.69) is 20.6 Å². The van der Waals surface area contributed by atoms with Crippen LogP contribution in [-0.2, 0) is 12.0 Å². The maximum atomic E-state index is 14.4. The zero-order valence-corrected chi connectivity index (χ0v) is 18.7. The van der Waals surface area contributed by atoms with Gasteiger partial charge in [0.1, 0.15) is 16.6 Å². The van der Waals surface area contributed by atoms with Crippen molar-refractivity contribution in [1.82, 2.24) is 15.6 Å². The Morgan fingerprint density at radius 1 is 1.22 bits per heavy atom. The van der Waals surface area contributed by atoms with Crippen molar-refractivity contribution in [1.29, 1.82) is 0 Å². The molecule has 2 N–H and O–H groups in total. The number of guanidine groups is 1. The van der Waals surface area contributed by atoms with E-state index in [9.17, 15) is 8.78 Å². The predicted molar refractivity (Wildman–Crippen MR) is 117 cm³/mol. The fraction of sp³-hybridized carbons (Fsp3) is 0.474. The summed E-state index contributed by atoms with van der Waals surface area (Å²) in [5.74, 6) is -0.314. The van der Waals surface area contributed by atoms with Crippen molar-refractivity contribution >= 4 is 41.3 Å². The molecule has 0 atom stereocenters. The summed E-state index contributed by atoms with van der Waals surface area (Å²) in [6, 6.07) is 4.10. The Morgan fingerprint density at radius 3 is 2.44 bits per heavy atom. The highest BCUT2D eigenvalue weighted by Crippen LogP contribution is 2.42. The number of nitrogens with zero attached hydrogens (tertiary/aromatic N) is 2. The molecule has 27 heavy (non-hydrogen) atoms. The van der Waals surface area contributed by atoms with Crippen LogP contribution in [0.2, 0.25) is 0 Å². The molecule has 0 spiro atoms. The summed E-state index contributed by atoms with van der Waals surface area (Å²) in [6.45, 7) is 3.03. The van der Waals surface area contributed by atoms with E-state index < -0.39 is 17.0 Å². The highest BCUT2D eigenvalue weighted by atomic mass is 127. The van der Waals surface area contributed by atoms with Crippen LogP contribution < -0.4 is 10.6 Å². The van der Waals surface area contributed by atoms with Gasteiger partial charge in [0.2, 0.25) is 0 Å². The molecule has 1 fully saturated rings. The lowest BCUT2D eigenvalue weighted by Crippen LogP contribution is -2.45. The first kappa shape index (κ1) is 22.0. The Morgan fingerprint density at radius 2 is 1.89 bits per heavy atom. The number of aliphatic imine (C=N–C) groups is 1. The van der Waals surface area contributed by atoms with E-state index in [-0.39, 0.29) is 29.5 Å². The molecule has 0 amide bonds. The van der Waals surface area contributed by atoms with Crippen molar-refractivity contribution in [2.75, 3.05) is 13.6 Å². The molecule has 0 radical (unpaired) electrons. The van der Waals surface area contributed by atoms with Gasteiger partial charge in [-0.3, -0.25) is 4.99 Å². The number of benzene rings is 1. The fourth-order valence-corrected chi connectivity index (χ4v) is 4.41. The van der Waals surface area contributed by atoms with Crippen LogP contribution in [0.1, 0.15) is 41.1 Å². The van der Waals surface area contributed by atoms with Crippen molar-refractivity contribution < 1.29 is 8.78 Å². The number of thiazole rings is 1. The Kier molecular flexibility index (Phi) is 7.96. The van der Waals surface area contributed by atoms with Crippen molar-refractivity contribution in [2.45, 2.75) is 44.6 Å². The average Bonchev–Trinajstić information content (AvgIpc) is 3.25. The Balaban J connectivity index is 0.00000261. The molecule has 1 saturated carbocycles. The summed E-state index contributed by atoms with van der Waals surface area (Å²) >= 11 is 1.63. The van der Waals surface area contributed by atoms with E-state index in [1.165, 1.54) is 18.2 Å². The first-order chi connectivity index (χ1) is 12.5. The van der Waals surface area contributed by atoms with E-state index in [0.29, 0.717) is 19.0 Å². The van der Waals surface area contributed by atoms with Gasteiger partial charge in [-0.25, -0.2) is 13.8 Å². The van der Waals surface area contributed by atoms with Crippen molar-refractivity contribution in [3.63, 3.8) is 0 Å². The average molecular weight is 506 g/mol. The molecule has 1 aliphatic carbocycles. The maximum absolute atomic E-state index is 14.4. The molecule has 0 bridgehead atoms. The topological polar surface area (TPSA) is 49.3 Å². The van der Waals surface area contributed by atoms with Crippen LogP contribution in [0, 0.1) is 18.6 Å². The van der Waals surface area contributed by atoms with E-state index in [4.69, 9.17) is 0 Å². The number of aromatic nitrogens is 1. The zero-order chi connectivity index (χ0) is 18.6. The van der Waals surface area contributed by atoms with Crippen LogP contribution in [-0.4, -0.2) is 24.5 Å². The Hall–Kier alpha value is -1.29. The molecular weight excluding hydrogens is 481 g/mol. The molecule has 2 aromatic rings. The second kappa shape index (κ2) is 9.77. The molecule has 0 unspecified atom stereocenters. The summed E-state index contributed by atoms with van der Waals surface area (Å²) in [5.41, 5.74) is -0.332. The van der Waals surface area contributed by atoms with Crippen LogP contribution in [0.4, 0.5) is 8.78 Å². The number of aryl methyl sites for hydroxylation is 1. The minimum absolute atomic E-state index is 0. The minimum Gasteiger partial charge on any atom is -0.356 e. The van der Waals surface area contributed by atoms with Crippen molar-refractivity contribution in [3.05, 3.63) is 51.5 Å². The Bertz CT molecular complexity index is 768. The zero-order valence-electron chi connectivity index (χ0n) is 15.5. The van der Waals surface area contributed by atoms with Gasteiger partial charge in [0.05, 0.1) is 6.54 Å². The standard InChI is InChI=1S/C19H24F2N4S.HI/c1-13-10-23-16(26-13)11-24-18(22-2)25-12-19(8-3-4-9-19)17-14(20)6-5-7-15(17)21;/h5-7,10H,3-4,8-9,11-12H2,1-2H3,(H2,22,24,25);1H. The normalized spacial score (nSPS) is 16.1. The monoisotopic (exact) mass is 506 g/mol. The molecule has 0 saturated heterocycles. The fourth-order valence-electron chi connectivity index (χ4n) is 3.69. The molecular formula is C19H25F2IN4S. The molecule has 0 aliphatic heterocycles. The van der Waals surface area contributed by atoms with Gasteiger partial charge in [-0.1, -0.05) is 18.9 Å². The van der Waals surface area contributed by atoms with Crippen LogP contribution >= 0.6 is 35.3 Å². The van der Waals surface area contributed by atoms with E-state index in [0.717, 1.165) is 35.6 Å². The molecule has 3 rings (SSSR count). The molecule has 8 heteroatoms. The van der Waals surface area contributed by atoms with Gasteiger partial charge in [-0.15, -0.1) is 35.3 Å². The summed E-state index contributed by atoms with van der Waals surface area (Å²) in [5, 5.41) is 7.46.